The Bertz CT molecular complexity index is 885. The molecule has 8 nitrogen and oxygen atoms in total. The predicted molar refractivity (Wildman–Crippen MR) is 84.0 cm³/mol. The van der Waals surface area contributed by atoms with Crippen LogP contribution in [0.5, 0.6) is 0 Å². The molecule has 0 fully saturated rings. The molecule has 2 aromatic heterocycles. The molecule has 2 heterocycles. The number of aromatic nitrogens is 4. The van der Waals surface area contributed by atoms with Gasteiger partial charge in [-0.1, -0.05) is 0 Å². The highest BCUT2D eigenvalue weighted by atomic mass is 16.2. The van der Waals surface area contributed by atoms with Crippen LogP contribution in [0.15, 0.2) is 4.79 Å². The lowest BCUT2D eigenvalue weighted by Gasteiger charge is -2.10. The van der Waals surface area contributed by atoms with E-state index in [0.29, 0.717) is 22.6 Å². The molecule has 0 bridgehead atoms. The van der Waals surface area contributed by atoms with E-state index in [9.17, 15) is 9.59 Å². The van der Waals surface area contributed by atoms with Crippen LogP contribution in [-0.4, -0.2) is 25.5 Å². The first-order chi connectivity index (χ1) is 10.8. The summed E-state index contributed by atoms with van der Waals surface area (Å²) in [7, 11) is 1.78. The molecule has 23 heavy (non-hydrogen) atoms. The fourth-order valence-electron chi connectivity index (χ4n) is 2.28. The summed E-state index contributed by atoms with van der Waals surface area (Å²) in [6.07, 6.45) is 0. The Morgan fingerprint density at radius 2 is 1.87 bits per heavy atom. The maximum Gasteiger partial charge on any atom is 0.285 e. The van der Waals surface area contributed by atoms with Crippen molar-refractivity contribution in [2.45, 2.75) is 34.2 Å². The van der Waals surface area contributed by atoms with Crippen LogP contribution in [0, 0.1) is 39.0 Å². The quantitative estimate of drug-likeness (QED) is 0.898. The standard InChI is InChI=1S/C15H18N6O2/c1-8-9(2)19-21(15(23)12(8)6-16)7-13(22)17-14-10(3)18-20(5)11(14)4/h7H2,1-5H3,(H,17,22). The van der Waals surface area contributed by atoms with Gasteiger partial charge in [-0.05, 0) is 33.3 Å². The minimum Gasteiger partial charge on any atom is -0.321 e. The molecule has 0 unspecified atom stereocenters. The zero-order chi connectivity index (χ0) is 17.3. The number of nitrogens with zero attached hydrogens (tertiary/aromatic N) is 5. The second kappa shape index (κ2) is 6.04. The van der Waals surface area contributed by atoms with E-state index < -0.39 is 11.5 Å². The molecule has 2 rings (SSSR count). The summed E-state index contributed by atoms with van der Waals surface area (Å²) >= 11 is 0. The van der Waals surface area contributed by atoms with Crippen molar-refractivity contribution in [3.8, 4) is 6.07 Å². The van der Waals surface area contributed by atoms with Crippen LogP contribution in [0.3, 0.4) is 0 Å². The number of rotatable bonds is 3. The fourth-order valence-corrected chi connectivity index (χ4v) is 2.28. The maximum absolute atomic E-state index is 12.2. The molecule has 0 aliphatic heterocycles. The van der Waals surface area contributed by atoms with Crippen LogP contribution in [-0.2, 0) is 18.4 Å². The van der Waals surface area contributed by atoms with Crippen LogP contribution in [0.25, 0.3) is 0 Å². The number of aryl methyl sites for hydroxylation is 3. The third kappa shape index (κ3) is 2.99. The van der Waals surface area contributed by atoms with E-state index in [2.05, 4.69) is 15.5 Å². The van der Waals surface area contributed by atoms with Crippen molar-refractivity contribution in [1.29, 1.82) is 5.26 Å². The van der Waals surface area contributed by atoms with Crippen molar-refractivity contribution < 1.29 is 4.79 Å². The predicted octanol–water partition coefficient (Wildman–Crippen LogP) is 0.721. The summed E-state index contributed by atoms with van der Waals surface area (Å²) in [6, 6.07) is 1.87. The van der Waals surface area contributed by atoms with E-state index in [1.807, 2.05) is 13.0 Å². The van der Waals surface area contributed by atoms with E-state index in [1.165, 1.54) is 0 Å². The van der Waals surface area contributed by atoms with Crippen LogP contribution < -0.4 is 10.9 Å². The Morgan fingerprint density at radius 3 is 2.39 bits per heavy atom. The molecule has 0 spiro atoms. The molecule has 0 saturated heterocycles. The van der Waals surface area contributed by atoms with E-state index in [1.54, 1.807) is 32.5 Å². The van der Waals surface area contributed by atoms with Crippen molar-refractivity contribution in [2.75, 3.05) is 5.32 Å². The molecular formula is C15H18N6O2. The van der Waals surface area contributed by atoms with Crippen molar-refractivity contribution in [3.63, 3.8) is 0 Å². The summed E-state index contributed by atoms with van der Waals surface area (Å²) in [5.74, 6) is -0.397. The second-order valence-electron chi connectivity index (χ2n) is 5.38. The summed E-state index contributed by atoms with van der Waals surface area (Å²) in [5, 5.41) is 20.1. The molecule has 0 radical (unpaired) electrons. The number of hydrogen-bond donors (Lipinski definition) is 1. The van der Waals surface area contributed by atoms with Gasteiger partial charge in [0.05, 0.1) is 22.8 Å². The Labute approximate surface area is 133 Å². The van der Waals surface area contributed by atoms with Gasteiger partial charge in [-0.3, -0.25) is 14.3 Å². The lowest BCUT2D eigenvalue weighted by atomic mass is 10.1. The van der Waals surface area contributed by atoms with Gasteiger partial charge in [-0.25, -0.2) is 4.68 Å². The molecule has 0 aliphatic rings. The molecule has 1 amide bonds. The first-order valence-electron chi connectivity index (χ1n) is 7.04. The van der Waals surface area contributed by atoms with Crippen molar-refractivity contribution in [3.05, 3.63) is 38.6 Å². The topological polar surface area (TPSA) is 106 Å². The van der Waals surface area contributed by atoms with E-state index >= 15 is 0 Å². The highest BCUT2D eigenvalue weighted by Gasteiger charge is 2.16. The van der Waals surface area contributed by atoms with Gasteiger partial charge >= 0.3 is 0 Å². The number of amides is 1. The van der Waals surface area contributed by atoms with Crippen LogP contribution in [0.1, 0.15) is 28.2 Å². The third-order valence-corrected chi connectivity index (χ3v) is 3.82. The van der Waals surface area contributed by atoms with Crippen molar-refractivity contribution in [1.82, 2.24) is 19.6 Å². The molecule has 120 valence electrons. The minimum atomic E-state index is -0.564. The van der Waals surface area contributed by atoms with Crippen LogP contribution in [0.4, 0.5) is 5.69 Å². The Balaban J connectivity index is 2.30. The van der Waals surface area contributed by atoms with E-state index in [-0.39, 0.29) is 12.1 Å². The first kappa shape index (κ1) is 16.4. The summed E-state index contributed by atoms with van der Waals surface area (Å²) in [6.45, 7) is 6.72. The van der Waals surface area contributed by atoms with Crippen LogP contribution >= 0.6 is 0 Å². The largest absolute Gasteiger partial charge is 0.321 e. The Kier molecular flexibility index (Phi) is 4.31. The van der Waals surface area contributed by atoms with Crippen molar-refractivity contribution in [2.24, 2.45) is 7.05 Å². The van der Waals surface area contributed by atoms with Gasteiger partial charge in [0.1, 0.15) is 18.2 Å². The van der Waals surface area contributed by atoms with Gasteiger partial charge in [0.25, 0.3) is 5.56 Å². The Hall–Kier alpha value is -2.95. The summed E-state index contributed by atoms with van der Waals surface area (Å²) in [5.41, 5.74) is 2.65. The molecule has 1 N–H and O–H groups in total. The lowest BCUT2D eigenvalue weighted by Crippen LogP contribution is -2.32. The number of carbonyl (C=O) groups is 1. The average Bonchev–Trinajstić information content (AvgIpc) is 2.72. The molecule has 8 heteroatoms. The second-order valence-corrected chi connectivity index (χ2v) is 5.38. The van der Waals surface area contributed by atoms with E-state index in [0.717, 1.165) is 10.4 Å². The number of carbonyl (C=O) groups excluding carboxylic acids is 1. The normalized spacial score (nSPS) is 10.4. The monoisotopic (exact) mass is 314 g/mol. The number of nitrogens with one attached hydrogen (secondary N) is 1. The molecule has 0 atom stereocenters. The van der Waals surface area contributed by atoms with E-state index in [4.69, 9.17) is 5.26 Å². The van der Waals surface area contributed by atoms with Crippen molar-refractivity contribution >= 4 is 11.6 Å². The van der Waals surface area contributed by atoms with Crippen LogP contribution in [0.2, 0.25) is 0 Å². The zero-order valence-electron chi connectivity index (χ0n) is 13.8. The zero-order valence-corrected chi connectivity index (χ0v) is 13.8. The number of anilines is 1. The van der Waals surface area contributed by atoms with Gasteiger partial charge in [0, 0.05) is 7.05 Å². The smallest absolute Gasteiger partial charge is 0.285 e. The molecule has 0 saturated carbocycles. The number of hydrogen-bond acceptors (Lipinski definition) is 5. The van der Waals surface area contributed by atoms with Gasteiger partial charge in [-0.2, -0.15) is 15.5 Å². The van der Waals surface area contributed by atoms with Gasteiger partial charge in [0.15, 0.2) is 0 Å². The fraction of sp³-hybridized carbons (Fsp3) is 0.400. The maximum atomic E-state index is 12.2. The lowest BCUT2D eigenvalue weighted by molar-refractivity contribution is -0.117. The third-order valence-electron chi connectivity index (χ3n) is 3.82. The first-order valence-corrected chi connectivity index (χ1v) is 7.04. The van der Waals surface area contributed by atoms with Gasteiger partial charge < -0.3 is 5.32 Å². The average molecular weight is 314 g/mol. The number of nitriles is 1. The minimum absolute atomic E-state index is 0.0130. The van der Waals surface area contributed by atoms with Gasteiger partial charge in [-0.15, -0.1) is 0 Å². The SMILES string of the molecule is Cc1nn(CC(=O)Nc2c(C)nn(C)c2C)c(=O)c(C#N)c1C. The highest BCUT2D eigenvalue weighted by Crippen LogP contribution is 2.18. The Morgan fingerprint density at radius 1 is 1.22 bits per heavy atom. The molecule has 0 aromatic carbocycles. The summed E-state index contributed by atoms with van der Waals surface area (Å²) < 4.78 is 2.68. The molecule has 0 aliphatic carbocycles. The molecule has 2 aromatic rings. The molecular weight excluding hydrogens is 296 g/mol. The highest BCUT2D eigenvalue weighted by molar-refractivity contribution is 5.91. The van der Waals surface area contributed by atoms with Gasteiger partial charge in [0.2, 0.25) is 5.91 Å². The summed E-state index contributed by atoms with van der Waals surface area (Å²) in [4.78, 5) is 24.4.